The lowest BCUT2D eigenvalue weighted by Crippen LogP contribution is -2.49. The van der Waals surface area contributed by atoms with Crippen molar-refractivity contribution in [3.05, 3.63) is 48.0 Å². The summed E-state index contributed by atoms with van der Waals surface area (Å²) in [5, 5.41) is 2.79. The molecule has 0 saturated carbocycles. The summed E-state index contributed by atoms with van der Waals surface area (Å²) >= 11 is 0. The highest BCUT2D eigenvalue weighted by Crippen LogP contribution is 2.32. The van der Waals surface area contributed by atoms with Crippen LogP contribution in [0.25, 0.3) is 0 Å². The molecule has 124 valence electrons. The number of nitrogens with zero attached hydrogens (tertiary/aromatic N) is 2. The summed E-state index contributed by atoms with van der Waals surface area (Å²) in [5.74, 6) is 0.362. The van der Waals surface area contributed by atoms with Crippen molar-refractivity contribution in [2.24, 2.45) is 0 Å². The number of anilines is 2. The van der Waals surface area contributed by atoms with Gasteiger partial charge in [0, 0.05) is 6.54 Å². The third kappa shape index (κ3) is 3.29. The van der Waals surface area contributed by atoms with E-state index < -0.39 is 6.10 Å². The number of hydrogen-bond acceptors (Lipinski definition) is 5. The van der Waals surface area contributed by atoms with Crippen molar-refractivity contribution in [3.8, 4) is 5.75 Å². The molecule has 0 aliphatic carbocycles. The van der Waals surface area contributed by atoms with Crippen LogP contribution in [0.15, 0.2) is 42.5 Å². The van der Waals surface area contributed by atoms with Crippen LogP contribution in [-0.2, 0) is 16.1 Å². The smallest absolute Gasteiger partial charge is 0.269 e. The van der Waals surface area contributed by atoms with E-state index in [1.54, 1.807) is 19.1 Å². The number of aromatic nitrogens is 1. The first kappa shape index (κ1) is 15.8. The van der Waals surface area contributed by atoms with Gasteiger partial charge in [0.05, 0.1) is 0 Å². The van der Waals surface area contributed by atoms with Gasteiger partial charge in [-0.15, -0.1) is 0 Å². The van der Waals surface area contributed by atoms with Crippen LogP contribution < -0.4 is 20.7 Å². The summed E-state index contributed by atoms with van der Waals surface area (Å²) in [5.41, 5.74) is 6.67. The molecule has 1 aliphatic heterocycles. The summed E-state index contributed by atoms with van der Waals surface area (Å²) in [6.45, 7) is 1.89. The monoisotopic (exact) mass is 326 g/mol. The maximum atomic E-state index is 12.3. The van der Waals surface area contributed by atoms with Crippen molar-refractivity contribution in [2.45, 2.75) is 19.6 Å². The van der Waals surface area contributed by atoms with Crippen LogP contribution in [0.3, 0.4) is 0 Å². The van der Waals surface area contributed by atoms with Gasteiger partial charge < -0.3 is 15.8 Å². The Balaban J connectivity index is 1.72. The zero-order valence-electron chi connectivity index (χ0n) is 13.2. The van der Waals surface area contributed by atoms with E-state index >= 15 is 0 Å². The molecule has 0 saturated heterocycles. The second kappa shape index (κ2) is 6.57. The number of hydrogen-bond donors (Lipinski definition) is 2. The number of nitrogens with one attached hydrogen (secondary N) is 1. The SMILES string of the molecule is CC1Oc2ccc(N)nc2N(CC(=O)NCc2ccccc2)C1=O. The fourth-order valence-electron chi connectivity index (χ4n) is 2.45. The molecule has 3 N–H and O–H groups in total. The number of benzene rings is 1. The minimum atomic E-state index is -0.676. The zero-order chi connectivity index (χ0) is 17.1. The Bertz CT molecular complexity index is 764. The predicted octanol–water partition coefficient (Wildman–Crippen LogP) is 1.09. The van der Waals surface area contributed by atoms with Gasteiger partial charge in [-0.25, -0.2) is 4.98 Å². The highest BCUT2D eigenvalue weighted by Gasteiger charge is 2.34. The number of ether oxygens (including phenoxy) is 1. The summed E-state index contributed by atoms with van der Waals surface area (Å²) in [7, 11) is 0. The molecule has 0 spiro atoms. The van der Waals surface area contributed by atoms with Gasteiger partial charge in [-0.2, -0.15) is 0 Å². The fourth-order valence-corrected chi connectivity index (χ4v) is 2.45. The lowest BCUT2D eigenvalue weighted by atomic mass is 10.2. The van der Waals surface area contributed by atoms with Gasteiger partial charge in [0.2, 0.25) is 5.91 Å². The van der Waals surface area contributed by atoms with Gasteiger partial charge in [0.15, 0.2) is 17.7 Å². The molecule has 0 fully saturated rings. The molecule has 1 atom stereocenters. The molecule has 3 rings (SSSR count). The van der Waals surface area contributed by atoms with E-state index in [2.05, 4.69) is 10.3 Å². The quantitative estimate of drug-likeness (QED) is 0.876. The first-order chi connectivity index (χ1) is 11.5. The van der Waals surface area contributed by atoms with E-state index in [-0.39, 0.29) is 30.0 Å². The Kier molecular flexibility index (Phi) is 4.33. The third-order valence-electron chi connectivity index (χ3n) is 3.67. The molecular weight excluding hydrogens is 308 g/mol. The van der Waals surface area contributed by atoms with Crippen molar-refractivity contribution in [1.82, 2.24) is 10.3 Å². The third-order valence-corrected chi connectivity index (χ3v) is 3.67. The normalized spacial score (nSPS) is 16.3. The van der Waals surface area contributed by atoms with E-state index in [1.165, 1.54) is 4.90 Å². The number of carbonyl (C=O) groups is 2. The Morgan fingerprint density at radius 2 is 2.04 bits per heavy atom. The topological polar surface area (TPSA) is 97.6 Å². The largest absolute Gasteiger partial charge is 0.477 e. The van der Waals surface area contributed by atoms with Gasteiger partial charge in [-0.3, -0.25) is 14.5 Å². The van der Waals surface area contributed by atoms with E-state index in [0.29, 0.717) is 12.3 Å². The molecule has 2 aromatic rings. The van der Waals surface area contributed by atoms with Crippen LogP contribution in [0.1, 0.15) is 12.5 Å². The minimum absolute atomic E-state index is 0.136. The summed E-state index contributed by atoms with van der Waals surface area (Å²) < 4.78 is 5.50. The fraction of sp³-hybridized carbons (Fsp3) is 0.235. The van der Waals surface area contributed by atoms with Crippen LogP contribution in [0, 0.1) is 0 Å². The molecule has 1 unspecified atom stereocenters. The van der Waals surface area contributed by atoms with E-state index in [1.807, 2.05) is 30.3 Å². The number of rotatable bonds is 4. The Morgan fingerprint density at radius 3 is 2.79 bits per heavy atom. The van der Waals surface area contributed by atoms with E-state index in [9.17, 15) is 9.59 Å². The molecule has 0 radical (unpaired) electrons. The van der Waals surface area contributed by atoms with Crippen molar-refractivity contribution in [3.63, 3.8) is 0 Å². The highest BCUT2D eigenvalue weighted by atomic mass is 16.5. The van der Waals surface area contributed by atoms with Crippen molar-refractivity contribution in [2.75, 3.05) is 17.2 Å². The average Bonchev–Trinajstić information content (AvgIpc) is 2.59. The molecule has 7 heteroatoms. The second-order valence-corrected chi connectivity index (χ2v) is 5.50. The standard InChI is InChI=1S/C17H18N4O3/c1-11-17(23)21(16-13(24-11)7-8-14(18)20-16)10-15(22)19-9-12-5-3-2-4-6-12/h2-8,11H,9-10H2,1H3,(H2,18,20)(H,19,22). The average molecular weight is 326 g/mol. The van der Waals surface area contributed by atoms with Gasteiger partial charge in [-0.1, -0.05) is 30.3 Å². The van der Waals surface area contributed by atoms with Crippen molar-refractivity contribution >= 4 is 23.5 Å². The van der Waals surface area contributed by atoms with Crippen LogP contribution in [0.4, 0.5) is 11.6 Å². The molecule has 7 nitrogen and oxygen atoms in total. The summed E-state index contributed by atoms with van der Waals surface area (Å²) in [4.78, 5) is 30.0. The van der Waals surface area contributed by atoms with Gasteiger partial charge in [-0.05, 0) is 24.6 Å². The van der Waals surface area contributed by atoms with E-state index in [0.717, 1.165) is 5.56 Å². The minimum Gasteiger partial charge on any atom is -0.477 e. The molecule has 0 bridgehead atoms. The maximum absolute atomic E-state index is 12.3. The molecule has 2 amide bonds. The van der Waals surface area contributed by atoms with Crippen LogP contribution in [0.2, 0.25) is 0 Å². The predicted molar refractivity (Wildman–Crippen MR) is 89.4 cm³/mol. The maximum Gasteiger partial charge on any atom is 0.269 e. The number of fused-ring (bicyclic) bond motifs is 1. The van der Waals surface area contributed by atoms with Crippen LogP contribution >= 0.6 is 0 Å². The lowest BCUT2D eigenvalue weighted by Gasteiger charge is -2.31. The van der Waals surface area contributed by atoms with Crippen molar-refractivity contribution < 1.29 is 14.3 Å². The Hall–Kier alpha value is -3.09. The first-order valence-electron chi connectivity index (χ1n) is 7.60. The number of amides is 2. The second-order valence-electron chi connectivity index (χ2n) is 5.50. The number of nitrogen functional groups attached to an aromatic ring is 1. The van der Waals surface area contributed by atoms with Gasteiger partial charge in [0.25, 0.3) is 5.91 Å². The van der Waals surface area contributed by atoms with Gasteiger partial charge in [0.1, 0.15) is 12.4 Å². The van der Waals surface area contributed by atoms with Crippen LogP contribution in [0.5, 0.6) is 5.75 Å². The Labute approximate surface area is 139 Å². The van der Waals surface area contributed by atoms with Crippen LogP contribution in [-0.4, -0.2) is 29.4 Å². The van der Waals surface area contributed by atoms with Gasteiger partial charge >= 0.3 is 0 Å². The Morgan fingerprint density at radius 1 is 1.29 bits per heavy atom. The molecule has 1 aliphatic rings. The van der Waals surface area contributed by atoms with E-state index in [4.69, 9.17) is 10.5 Å². The molecule has 2 heterocycles. The summed E-state index contributed by atoms with van der Waals surface area (Å²) in [6.07, 6.45) is -0.676. The first-order valence-corrected chi connectivity index (χ1v) is 7.60. The zero-order valence-corrected chi connectivity index (χ0v) is 13.2. The highest BCUT2D eigenvalue weighted by molar-refractivity contribution is 6.02. The molecule has 1 aromatic heterocycles. The number of nitrogens with two attached hydrogens (primary N) is 1. The molecule has 1 aromatic carbocycles. The molecule has 24 heavy (non-hydrogen) atoms. The molecular formula is C17H18N4O3. The number of carbonyl (C=O) groups excluding carboxylic acids is 2. The summed E-state index contributed by atoms with van der Waals surface area (Å²) in [6, 6.07) is 12.8. The van der Waals surface area contributed by atoms with Crippen molar-refractivity contribution in [1.29, 1.82) is 0 Å². The number of pyridine rings is 1. The lowest BCUT2D eigenvalue weighted by molar-refractivity contribution is -0.128.